The van der Waals surface area contributed by atoms with Gasteiger partial charge < -0.3 is 10.1 Å². The van der Waals surface area contributed by atoms with Gasteiger partial charge in [0.25, 0.3) is 0 Å². The van der Waals surface area contributed by atoms with Crippen LogP contribution in [0.25, 0.3) is 10.8 Å². The van der Waals surface area contributed by atoms with E-state index in [2.05, 4.69) is 21.4 Å². The monoisotopic (exact) mass is 265 g/mol. The zero-order valence-corrected chi connectivity index (χ0v) is 11.2. The molecule has 1 N–H and O–H groups in total. The van der Waals surface area contributed by atoms with Crippen molar-refractivity contribution in [3.05, 3.63) is 60.6 Å². The Kier molecular flexibility index (Phi) is 3.46. The van der Waals surface area contributed by atoms with E-state index in [9.17, 15) is 0 Å². The zero-order valence-electron chi connectivity index (χ0n) is 11.2. The van der Waals surface area contributed by atoms with Crippen molar-refractivity contribution >= 4 is 16.5 Å². The molecule has 0 unspecified atom stereocenters. The topological polar surface area (TPSA) is 47.0 Å². The van der Waals surface area contributed by atoms with Gasteiger partial charge in [-0.25, -0.2) is 4.98 Å². The zero-order chi connectivity index (χ0) is 13.8. The first-order chi connectivity index (χ1) is 9.86. The fourth-order valence-electron chi connectivity index (χ4n) is 2.13. The van der Waals surface area contributed by atoms with Crippen LogP contribution in [0.1, 0.15) is 5.56 Å². The molecule has 3 aromatic rings. The molecule has 3 rings (SSSR count). The predicted octanol–water partition coefficient (Wildman–Crippen LogP) is 3.25. The van der Waals surface area contributed by atoms with Gasteiger partial charge in [-0.05, 0) is 47.3 Å². The molecule has 0 aliphatic carbocycles. The van der Waals surface area contributed by atoms with Crippen LogP contribution in [-0.4, -0.2) is 17.1 Å². The third kappa shape index (κ3) is 2.54. The van der Waals surface area contributed by atoms with Crippen molar-refractivity contribution in [1.29, 1.82) is 0 Å². The minimum atomic E-state index is 0.656. The van der Waals surface area contributed by atoms with E-state index in [-0.39, 0.29) is 0 Å². The maximum atomic E-state index is 5.26. The Hall–Kier alpha value is -2.62. The molecule has 2 heterocycles. The van der Waals surface area contributed by atoms with Gasteiger partial charge in [-0.3, -0.25) is 4.98 Å². The highest BCUT2D eigenvalue weighted by Crippen LogP contribution is 2.25. The van der Waals surface area contributed by atoms with E-state index in [0.29, 0.717) is 5.88 Å². The summed E-state index contributed by atoms with van der Waals surface area (Å²) in [7, 11) is 1.64. The van der Waals surface area contributed by atoms with Crippen LogP contribution in [0.4, 0.5) is 5.69 Å². The fourth-order valence-corrected chi connectivity index (χ4v) is 2.13. The third-order valence-corrected chi connectivity index (χ3v) is 3.17. The number of nitrogens with one attached hydrogen (secondary N) is 1. The first-order valence-electron chi connectivity index (χ1n) is 6.42. The molecule has 0 aliphatic heterocycles. The Balaban J connectivity index is 1.83. The largest absolute Gasteiger partial charge is 0.481 e. The van der Waals surface area contributed by atoms with E-state index in [4.69, 9.17) is 4.74 Å². The summed E-state index contributed by atoms with van der Waals surface area (Å²) in [6, 6.07) is 12.1. The third-order valence-electron chi connectivity index (χ3n) is 3.17. The van der Waals surface area contributed by atoms with E-state index in [1.165, 1.54) is 5.56 Å². The minimum Gasteiger partial charge on any atom is -0.481 e. The lowest BCUT2D eigenvalue weighted by atomic mass is 10.1. The Morgan fingerprint density at radius 2 is 1.90 bits per heavy atom. The summed E-state index contributed by atoms with van der Waals surface area (Å²) in [5, 5.41) is 5.53. The summed E-state index contributed by atoms with van der Waals surface area (Å²) in [6.45, 7) is 0.774. The maximum absolute atomic E-state index is 5.26. The van der Waals surface area contributed by atoms with Crippen LogP contribution >= 0.6 is 0 Å². The normalized spacial score (nSPS) is 10.4. The van der Waals surface area contributed by atoms with E-state index >= 15 is 0 Å². The maximum Gasteiger partial charge on any atom is 0.221 e. The number of fused-ring (bicyclic) bond motifs is 1. The van der Waals surface area contributed by atoms with Crippen molar-refractivity contribution in [3.8, 4) is 5.88 Å². The molecular weight excluding hydrogens is 250 g/mol. The van der Waals surface area contributed by atoms with Crippen molar-refractivity contribution in [2.75, 3.05) is 12.4 Å². The number of nitrogens with zero attached hydrogens (tertiary/aromatic N) is 2. The number of rotatable bonds is 4. The molecule has 4 heteroatoms. The first-order valence-corrected chi connectivity index (χ1v) is 6.42. The smallest absolute Gasteiger partial charge is 0.221 e. The second-order valence-corrected chi connectivity index (χ2v) is 4.47. The van der Waals surface area contributed by atoms with Gasteiger partial charge >= 0.3 is 0 Å². The van der Waals surface area contributed by atoms with Crippen LogP contribution in [0.2, 0.25) is 0 Å². The summed E-state index contributed by atoms with van der Waals surface area (Å²) in [4.78, 5) is 8.21. The molecule has 100 valence electrons. The average molecular weight is 265 g/mol. The first kappa shape index (κ1) is 12.4. The number of hydrogen-bond donors (Lipinski definition) is 1. The number of aromatic nitrogens is 2. The second-order valence-electron chi connectivity index (χ2n) is 4.47. The number of methoxy groups -OCH3 is 1. The highest BCUT2D eigenvalue weighted by Gasteiger charge is 2.03. The predicted molar refractivity (Wildman–Crippen MR) is 79.9 cm³/mol. The van der Waals surface area contributed by atoms with Crippen LogP contribution in [0.3, 0.4) is 0 Å². The Labute approximate surface area is 117 Å². The van der Waals surface area contributed by atoms with Gasteiger partial charge in [0, 0.05) is 36.2 Å². The van der Waals surface area contributed by atoms with Gasteiger partial charge in [-0.1, -0.05) is 0 Å². The summed E-state index contributed by atoms with van der Waals surface area (Å²) >= 11 is 0. The lowest BCUT2D eigenvalue weighted by Crippen LogP contribution is -1.99. The number of pyridine rings is 2. The summed E-state index contributed by atoms with van der Waals surface area (Å²) in [5.74, 6) is 0.656. The summed E-state index contributed by atoms with van der Waals surface area (Å²) in [6.07, 6.45) is 5.36. The highest BCUT2D eigenvalue weighted by atomic mass is 16.5. The van der Waals surface area contributed by atoms with Gasteiger partial charge in [0.05, 0.1) is 7.11 Å². The lowest BCUT2D eigenvalue weighted by molar-refractivity contribution is 0.403. The molecule has 2 aromatic heterocycles. The van der Waals surface area contributed by atoms with E-state index < -0.39 is 0 Å². The molecule has 0 fully saturated rings. The van der Waals surface area contributed by atoms with Gasteiger partial charge in [0.15, 0.2) is 0 Å². The molecule has 0 saturated carbocycles. The fraction of sp³-hybridized carbons (Fsp3) is 0.125. The van der Waals surface area contributed by atoms with E-state index in [1.54, 1.807) is 25.7 Å². The van der Waals surface area contributed by atoms with Crippen molar-refractivity contribution in [3.63, 3.8) is 0 Å². The second kappa shape index (κ2) is 5.57. The molecule has 0 amide bonds. The number of anilines is 1. The average Bonchev–Trinajstić information content (AvgIpc) is 2.53. The Morgan fingerprint density at radius 3 is 2.70 bits per heavy atom. The van der Waals surface area contributed by atoms with Crippen molar-refractivity contribution < 1.29 is 4.74 Å². The van der Waals surface area contributed by atoms with Gasteiger partial charge in [-0.15, -0.1) is 0 Å². The number of hydrogen-bond acceptors (Lipinski definition) is 4. The van der Waals surface area contributed by atoms with Gasteiger partial charge in [-0.2, -0.15) is 0 Å². The van der Waals surface area contributed by atoms with Gasteiger partial charge in [0.1, 0.15) is 0 Å². The quantitative estimate of drug-likeness (QED) is 0.786. The number of ether oxygens (including phenoxy) is 1. The van der Waals surface area contributed by atoms with Crippen LogP contribution < -0.4 is 10.1 Å². The van der Waals surface area contributed by atoms with E-state index in [1.807, 2.05) is 30.3 Å². The van der Waals surface area contributed by atoms with E-state index in [0.717, 1.165) is 23.0 Å². The Morgan fingerprint density at radius 1 is 1.05 bits per heavy atom. The van der Waals surface area contributed by atoms with Crippen LogP contribution in [0.5, 0.6) is 5.88 Å². The molecule has 1 aromatic carbocycles. The molecule has 0 bridgehead atoms. The molecule has 0 spiro atoms. The SMILES string of the molecule is COc1nccc2cc(NCc3ccncc3)ccc12. The Bertz CT molecular complexity index is 713. The minimum absolute atomic E-state index is 0.656. The summed E-state index contributed by atoms with van der Waals surface area (Å²) < 4.78 is 5.26. The van der Waals surface area contributed by atoms with Crippen LogP contribution in [-0.2, 0) is 6.54 Å². The highest BCUT2D eigenvalue weighted by molar-refractivity contribution is 5.89. The molecule has 4 nitrogen and oxygen atoms in total. The van der Waals surface area contributed by atoms with Crippen molar-refractivity contribution in [2.24, 2.45) is 0 Å². The number of benzene rings is 1. The lowest BCUT2D eigenvalue weighted by Gasteiger charge is -2.09. The molecule has 0 aliphatic rings. The molecule has 0 saturated heterocycles. The van der Waals surface area contributed by atoms with Gasteiger partial charge in [0.2, 0.25) is 5.88 Å². The molecule has 0 atom stereocenters. The van der Waals surface area contributed by atoms with Crippen LogP contribution in [0, 0.1) is 0 Å². The van der Waals surface area contributed by atoms with Crippen molar-refractivity contribution in [1.82, 2.24) is 9.97 Å². The van der Waals surface area contributed by atoms with Crippen molar-refractivity contribution in [2.45, 2.75) is 6.54 Å². The van der Waals surface area contributed by atoms with Crippen LogP contribution in [0.15, 0.2) is 55.0 Å². The summed E-state index contributed by atoms with van der Waals surface area (Å²) in [5.41, 5.74) is 2.27. The molecular formula is C16H15N3O. The molecule has 0 radical (unpaired) electrons. The standard InChI is InChI=1S/C16H15N3O/c1-20-16-15-3-2-14(10-13(15)6-9-18-16)19-11-12-4-7-17-8-5-12/h2-10,19H,11H2,1H3. The molecule has 20 heavy (non-hydrogen) atoms.